The van der Waals surface area contributed by atoms with Crippen LogP contribution in [0.25, 0.3) is 0 Å². The number of hydrogen-bond donors (Lipinski definition) is 1. The van der Waals surface area contributed by atoms with Crippen LogP contribution in [-0.4, -0.2) is 18.3 Å². The number of unbranched alkanes of at least 4 members (excludes halogenated alkanes) is 1. The fraction of sp³-hybridized carbons (Fsp3) is 0.467. The van der Waals surface area contributed by atoms with Crippen LogP contribution < -0.4 is 10.1 Å². The number of carbonyl (C=O) groups is 2. The molecule has 0 bridgehead atoms. The second kappa shape index (κ2) is 7.56. The first-order valence-electron chi connectivity index (χ1n) is 6.66. The van der Waals surface area contributed by atoms with E-state index in [4.69, 9.17) is 4.74 Å². The summed E-state index contributed by atoms with van der Waals surface area (Å²) in [5.74, 6) is 0.507. The Hall–Kier alpha value is -1.84. The van der Waals surface area contributed by atoms with Crippen molar-refractivity contribution in [1.29, 1.82) is 0 Å². The van der Waals surface area contributed by atoms with Gasteiger partial charge in [0.1, 0.15) is 5.75 Å². The molecule has 1 amide bonds. The number of anilines is 1. The molecule has 0 saturated carbocycles. The maximum absolute atomic E-state index is 11.8. The van der Waals surface area contributed by atoms with Crippen molar-refractivity contribution in [3.63, 3.8) is 0 Å². The highest BCUT2D eigenvalue weighted by molar-refractivity contribution is 5.98. The van der Waals surface area contributed by atoms with Crippen molar-refractivity contribution in [1.82, 2.24) is 0 Å². The van der Waals surface area contributed by atoms with Crippen LogP contribution in [0.2, 0.25) is 0 Å². The van der Waals surface area contributed by atoms with Gasteiger partial charge < -0.3 is 10.1 Å². The molecule has 4 heteroatoms. The summed E-state index contributed by atoms with van der Waals surface area (Å²) >= 11 is 0. The van der Waals surface area contributed by atoms with E-state index >= 15 is 0 Å². The number of hydrogen-bond acceptors (Lipinski definition) is 3. The monoisotopic (exact) mass is 263 g/mol. The lowest BCUT2D eigenvalue weighted by atomic mass is 10.1. The van der Waals surface area contributed by atoms with E-state index in [1.165, 1.54) is 6.92 Å². The first kappa shape index (κ1) is 15.2. The van der Waals surface area contributed by atoms with E-state index in [0.29, 0.717) is 30.0 Å². The molecule has 104 valence electrons. The number of rotatable bonds is 7. The van der Waals surface area contributed by atoms with Crippen LogP contribution >= 0.6 is 0 Å². The van der Waals surface area contributed by atoms with Gasteiger partial charge in [0.25, 0.3) is 0 Å². The second-order valence-electron chi connectivity index (χ2n) is 4.35. The summed E-state index contributed by atoms with van der Waals surface area (Å²) in [6.07, 6.45) is 2.30. The molecule has 0 saturated heterocycles. The first-order chi connectivity index (χ1) is 9.08. The summed E-state index contributed by atoms with van der Waals surface area (Å²) < 4.78 is 5.45. The smallest absolute Gasteiger partial charge is 0.224 e. The van der Waals surface area contributed by atoms with Crippen LogP contribution in [0.1, 0.15) is 50.4 Å². The van der Waals surface area contributed by atoms with Crippen molar-refractivity contribution < 1.29 is 14.3 Å². The van der Waals surface area contributed by atoms with Crippen LogP contribution in [0.5, 0.6) is 5.75 Å². The molecule has 0 fully saturated rings. The molecule has 0 radical (unpaired) electrons. The third-order valence-electron chi connectivity index (χ3n) is 2.72. The van der Waals surface area contributed by atoms with Gasteiger partial charge in [-0.2, -0.15) is 0 Å². The number of ketones is 1. The molecule has 0 spiro atoms. The van der Waals surface area contributed by atoms with Crippen LogP contribution in [0.3, 0.4) is 0 Å². The standard InChI is InChI=1S/C15H21NO3/c1-4-6-7-15(18)16-13-10-12(11(3)17)8-9-14(13)19-5-2/h8-10H,4-7H2,1-3H3,(H,16,18). The highest BCUT2D eigenvalue weighted by Crippen LogP contribution is 2.26. The van der Waals surface area contributed by atoms with Crippen molar-refractivity contribution in [2.24, 2.45) is 0 Å². The third-order valence-corrected chi connectivity index (χ3v) is 2.72. The average molecular weight is 263 g/mol. The van der Waals surface area contributed by atoms with Crippen molar-refractivity contribution in [3.05, 3.63) is 23.8 Å². The predicted molar refractivity (Wildman–Crippen MR) is 75.8 cm³/mol. The lowest BCUT2D eigenvalue weighted by Crippen LogP contribution is -2.12. The van der Waals surface area contributed by atoms with Gasteiger partial charge in [0, 0.05) is 12.0 Å². The molecule has 1 rings (SSSR count). The van der Waals surface area contributed by atoms with Gasteiger partial charge in [0.05, 0.1) is 12.3 Å². The van der Waals surface area contributed by atoms with Crippen LogP contribution in [0.15, 0.2) is 18.2 Å². The topological polar surface area (TPSA) is 55.4 Å². The van der Waals surface area contributed by atoms with Gasteiger partial charge in [-0.05, 0) is 38.5 Å². The maximum atomic E-state index is 11.8. The molecule has 0 aliphatic heterocycles. The summed E-state index contributed by atoms with van der Waals surface area (Å²) in [5, 5.41) is 2.81. The van der Waals surface area contributed by atoms with Crippen molar-refractivity contribution in [2.45, 2.75) is 40.0 Å². The fourth-order valence-corrected chi connectivity index (χ4v) is 1.68. The SMILES string of the molecule is CCCCC(=O)Nc1cc(C(C)=O)ccc1OCC. The average Bonchev–Trinajstić information content (AvgIpc) is 2.38. The third kappa shape index (κ3) is 4.73. The Balaban J connectivity index is 2.90. The van der Waals surface area contributed by atoms with Crippen LogP contribution in [0.4, 0.5) is 5.69 Å². The van der Waals surface area contributed by atoms with Gasteiger partial charge in [0.15, 0.2) is 5.78 Å². The molecular formula is C15H21NO3. The maximum Gasteiger partial charge on any atom is 0.224 e. The Bertz CT molecular complexity index is 455. The van der Waals surface area contributed by atoms with Gasteiger partial charge in [-0.15, -0.1) is 0 Å². The van der Waals surface area contributed by atoms with E-state index in [2.05, 4.69) is 5.32 Å². The summed E-state index contributed by atoms with van der Waals surface area (Å²) in [5.41, 5.74) is 1.13. The van der Waals surface area contributed by atoms with E-state index < -0.39 is 0 Å². The molecular weight excluding hydrogens is 242 g/mol. The van der Waals surface area contributed by atoms with Gasteiger partial charge >= 0.3 is 0 Å². The van der Waals surface area contributed by atoms with Crippen LogP contribution in [0, 0.1) is 0 Å². The Morgan fingerprint density at radius 3 is 2.58 bits per heavy atom. The number of nitrogens with one attached hydrogen (secondary N) is 1. The van der Waals surface area contributed by atoms with E-state index in [9.17, 15) is 9.59 Å². The van der Waals surface area contributed by atoms with Crippen molar-refractivity contribution >= 4 is 17.4 Å². The predicted octanol–water partition coefficient (Wildman–Crippen LogP) is 3.42. The largest absolute Gasteiger partial charge is 0.492 e. The Kier molecular flexibility index (Phi) is 6.06. The number of benzene rings is 1. The Labute approximate surface area is 114 Å². The van der Waals surface area contributed by atoms with Gasteiger partial charge in [0.2, 0.25) is 5.91 Å². The minimum absolute atomic E-state index is 0.0351. The lowest BCUT2D eigenvalue weighted by Gasteiger charge is -2.12. The number of carbonyl (C=O) groups excluding carboxylic acids is 2. The fourth-order valence-electron chi connectivity index (χ4n) is 1.68. The molecule has 0 heterocycles. The lowest BCUT2D eigenvalue weighted by molar-refractivity contribution is -0.116. The minimum atomic E-state index is -0.0523. The second-order valence-corrected chi connectivity index (χ2v) is 4.35. The van der Waals surface area contributed by atoms with Gasteiger partial charge in [-0.3, -0.25) is 9.59 Å². The number of ether oxygens (including phenoxy) is 1. The first-order valence-corrected chi connectivity index (χ1v) is 6.66. The minimum Gasteiger partial charge on any atom is -0.492 e. The summed E-state index contributed by atoms with van der Waals surface area (Å²) in [7, 11) is 0. The van der Waals surface area contributed by atoms with Crippen molar-refractivity contribution in [2.75, 3.05) is 11.9 Å². The molecule has 0 unspecified atom stereocenters. The summed E-state index contributed by atoms with van der Waals surface area (Å²) in [6.45, 7) is 5.92. The highest BCUT2D eigenvalue weighted by atomic mass is 16.5. The quantitative estimate of drug-likeness (QED) is 0.767. The Morgan fingerprint density at radius 2 is 2.00 bits per heavy atom. The van der Waals surface area contributed by atoms with Crippen LogP contribution in [-0.2, 0) is 4.79 Å². The highest BCUT2D eigenvalue weighted by Gasteiger charge is 2.10. The van der Waals surface area contributed by atoms with E-state index in [0.717, 1.165) is 12.8 Å². The molecule has 4 nitrogen and oxygen atoms in total. The number of Topliss-reactive ketones (excluding diaryl/α,β-unsaturated/α-hetero) is 1. The molecule has 1 aromatic carbocycles. The van der Waals surface area contributed by atoms with E-state index in [-0.39, 0.29) is 11.7 Å². The summed E-state index contributed by atoms with van der Waals surface area (Å²) in [4.78, 5) is 23.1. The number of amides is 1. The Morgan fingerprint density at radius 1 is 1.26 bits per heavy atom. The zero-order valence-corrected chi connectivity index (χ0v) is 11.8. The zero-order valence-electron chi connectivity index (χ0n) is 11.8. The molecule has 19 heavy (non-hydrogen) atoms. The molecule has 0 aliphatic rings. The van der Waals surface area contributed by atoms with Gasteiger partial charge in [-0.25, -0.2) is 0 Å². The molecule has 1 aromatic rings. The summed E-state index contributed by atoms with van der Waals surface area (Å²) in [6, 6.07) is 5.09. The van der Waals surface area contributed by atoms with E-state index in [1.54, 1.807) is 18.2 Å². The van der Waals surface area contributed by atoms with Gasteiger partial charge in [-0.1, -0.05) is 13.3 Å². The molecule has 0 aliphatic carbocycles. The van der Waals surface area contributed by atoms with E-state index in [1.807, 2.05) is 13.8 Å². The molecule has 0 atom stereocenters. The molecule has 1 N–H and O–H groups in total. The zero-order chi connectivity index (χ0) is 14.3. The molecule has 0 aromatic heterocycles. The normalized spacial score (nSPS) is 10.1. The van der Waals surface area contributed by atoms with Crippen molar-refractivity contribution in [3.8, 4) is 5.75 Å².